The highest BCUT2D eigenvalue weighted by molar-refractivity contribution is 9.10. The molecular formula is C13H12BrCl2N3. The molecule has 0 aliphatic heterocycles. The standard InChI is InChI=1S/C13H12BrCl2N3/c1-7-5-8(14)3-4-11(7)18-13-10(16)6-9(15)12(17-2)19-13/h3-6H,1-2H3,(H2,17,18,19). The summed E-state index contributed by atoms with van der Waals surface area (Å²) in [6.45, 7) is 2.01. The second-order valence-corrected chi connectivity index (χ2v) is 5.71. The minimum absolute atomic E-state index is 0.478. The van der Waals surface area contributed by atoms with Crippen LogP contribution in [-0.4, -0.2) is 12.0 Å². The number of benzene rings is 1. The van der Waals surface area contributed by atoms with Gasteiger partial charge in [0.15, 0.2) is 5.82 Å². The van der Waals surface area contributed by atoms with Gasteiger partial charge < -0.3 is 10.6 Å². The van der Waals surface area contributed by atoms with Crippen molar-refractivity contribution in [3.8, 4) is 0 Å². The molecule has 2 rings (SSSR count). The Hall–Kier alpha value is -0.970. The summed E-state index contributed by atoms with van der Waals surface area (Å²) in [6, 6.07) is 7.60. The first kappa shape index (κ1) is 14.4. The van der Waals surface area contributed by atoms with E-state index in [4.69, 9.17) is 23.2 Å². The third-order valence-corrected chi connectivity index (χ3v) is 3.68. The van der Waals surface area contributed by atoms with Gasteiger partial charge in [-0.05, 0) is 36.8 Å². The predicted octanol–water partition coefficient (Wildman–Crippen LogP) is 5.24. The molecule has 0 aliphatic carbocycles. The van der Waals surface area contributed by atoms with E-state index in [1.54, 1.807) is 13.1 Å². The van der Waals surface area contributed by atoms with Gasteiger partial charge in [0.25, 0.3) is 0 Å². The van der Waals surface area contributed by atoms with E-state index in [2.05, 4.69) is 31.5 Å². The maximum absolute atomic E-state index is 6.15. The number of hydrogen-bond acceptors (Lipinski definition) is 3. The molecule has 1 heterocycles. The van der Waals surface area contributed by atoms with Crippen LogP contribution in [-0.2, 0) is 0 Å². The van der Waals surface area contributed by atoms with Crippen LogP contribution in [0.2, 0.25) is 10.0 Å². The Balaban J connectivity index is 2.37. The molecule has 2 N–H and O–H groups in total. The largest absolute Gasteiger partial charge is 0.372 e. The summed E-state index contributed by atoms with van der Waals surface area (Å²) in [6.07, 6.45) is 0. The van der Waals surface area contributed by atoms with Crippen molar-refractivity contribution in [1.82, 2.24) is 4.98 Å². The van der Waals surface area contributed by atoms with Crippen LogP contribution in [0.4, 0.5) is 17.3 Å². The molecular weight excluding hydrogens is 349 g/mol. The fourth-order valence-corrected chi connectivity index (χ4v) is 2.60. The molecule has 1 aromatic carbocycles. The highest BCUT2D eigenvalue weighted by Crippen LogP contribution is 2.32. The molecule has 0 atom stereocenters. The lowest BCUT2D eigenvalue weighted by Gasteiger charge is -2.12. The number of rotatable bonds is 3. The predicted molar refractivity (Wildman–Crippen MR) is 86.0 cm³/mol. The van der Waals surface area contributed by atoms with Crippen LogP contribution in [0.5, 0.6) is 0 Å². The minimum Gasteiger partial charge on any atom is -0.372 e. The summed E-state index contributed by atoms with van der Waals surface area (Å²) in [5, 5.41) is 7.10. The second-order valence-electron chi connectivity index (χ2n) is 3.98. The van der Waals surface area contributed by atoms with Crippen molar-refractivity contribution in [3.05, 3.63) is 44.3 Å². The van der Waals surface area contributed by atoms with Crippen molar-refractivity contribution < 1.29 is 0 Å². The van der Waals surface area contributed by atoms with Crippen LogP contribution in [0.15, 0.2) is 28.7 Å². The van der Waals surface area contributed by atoms with Crippen LogP contribution in [0.25, 0.3) is 0 Å². The molecule has 0 bridgehead atoms. The van der Waals surface area contributed by atoms with E-state index in [0.717, 1.165) is 15.7 Å². The first-order chi connectivity index (χ1) is 9.01. The lowest BCUT2D eigenvalue weighted by Crippen LogP contribution is -2.00. The Morgan fingerprint density at radius 2 is 1.79 bits per heavy atom. The average Bonchev–Trinajstić information content (AvgIpc) is 2.35. The van der Waals surface area contributed by atoms with Gasteiger partial charge in [0.1, 0.15) is 5.82 Å². The Morgan fingerprint density at radius 1 is 1.11 bits per heavy atom. The van der Waals surface area contributed by atoms with Gasteiger partial charge in [0.05, 0.1) is 10.0 Å². The van der Waals surface area contributed by atoms with Gasteiger partial charge in [-0.2, -0.15) is 0 Å². The quantitative estimate of drug-likeness (QED) is 0.785. The summed E-state index contributed by atoms with van der Waals surface area (Å²) < 4.78 is 1.03. The van der Waals surface area contributed by atoms with Gasteiger partial charge in [0, 0.05) is 17.2 Å². The summed E-state index contributed by atoms with van der Waals surface area (Å²) in [7, 11) is 1.76. The first-order valence-electron chi connectivity index (χ1n) is 5.58. The third-order valence-electron chi connectivity index (χ3n) is 2.61. The molecule has 2 aromatic rings. The van der Waals surface area contributed by atoms with Crippen LogP contribution < -0.4 is 10.6 Å². The molecule has 6 heteroatoms. The van der Waals surface area contributed by atoms with Gasteiger partial charge in [-0.1, -0.05) is 39.1 Å². The Morgan fingerprint density at radius 3 is 2.42 bits per heavy atom. The van der Waals surface area contributed by atoms with Crippen molar-refractivity contribution in [2.24, 2.45) is 0 Å². The normalized spacial score (nSPS) is 10.4. The number of halogens is 3. The van der Waals surface area contributed by atoms with E-state index in [-0.39, 0.29) is 0 Å². The van der Waals surface area contributed by atoms with Crippen molar-refractivity contribution in [2.75, 3.05) is 17.7 Å². The van der Waals surface area contributed by atoms with E-state index < -0.39 is 0 Å². The van der Waals surface area contributed by atoms with Crippen molar-refractivity contribution in [1.29, 1.82) is 0 Å². The van der Waals surface area contributed by atoms with Gasteiger partial charge in [-0.15, -0.1) is 0 Å². The van der Waals surface area contributed by atoms with Gasteiger partial charge in [0.2, 0.25) is 0 Å². The zero-order chi connectivity index (χ0) is 14.0. The molecule has 0 radical (unpaired) electrons. The lowest BCUT2D eigenvalue weighted by molar-refractivity contribution is 1.27. The fourth-order valence-electron chi connectivity index (χ4n) is 1.62. The topological polar surface area (TPSA) is 37.0 Å². The van der Waals surface area contributed by atoms with Crippen LogP contribution in [0.3, 0.4) is 0 Å². The summed E-state index contributed by atoms with van der Waals surface area (Å²) in [5.74, 6) is 1.16. The van der Waals surface area contributed by atoms with Crippen LogP contribution in [0, 0.1) is 6.92 Å². The Labute approximate surface area is 130 Å². The monoisotopic (exact) mass is 359 g/mol. The fraction of sp³-hybridized carbons (Fsp3) is 0.154. The van der Waals surface area contributed by atoms with Crippen molar-refractivity contribution >= 4 is 56.5 Å². The molecule has 0 unspecified atom stereocenters. The smallest absolute Gasteiger partial charge is 0.151 e. The molecule has 0 amide bonds. The molecule has 0 fully saturated rings. The third kappa shape index (κ3) is 3.32. The van der Waals surface area contributed by atoms with E-state index >= 15 is 0 Å². The number of nitrogens with zero attached hydrogens (tertiary/aromatic N) is 1. The zero-order valence-corrected chi connectivity index (χ0v) is 13.5. The number of aryl methyl sites for hydroxylation is 1. The minimum atomic E-state index is 0.478. The highest BCUT2D eigenvalue weighted by atomic mass is 79.9. The van der Waals surface area contributed by atoms with Gasteiger partial charge in [-0.3, -0.25) is 0 Å². The van der Waals surface area contributed by atoms with Crippen molar-refractivity contribution in [3.63, 3.8) is 0 Å². The molecule has 19 heavy (non-hydrogen) atoms. The second kappa shape index (κ2) is 5.99. The molecule has 100 valence electrons. The molecule has 3 nitrogen and oxygen atoms in total. The number of pyridine rings is 1. The molecule has 0 saturated carbocycles. The molecule has 1 aromatic heterocycles. The number of nitrogens with one attached hydrogen (secondary N) is 2. The number of anilines is 3. The number of aromatic nitrogens is 1. The van der Waals surface area contributed by atoms with Crippen molar-refractivity contribution in [2.45, 2.75) is 6.92 Å². The van der Waals surface area contributed by atoms with Crippen LogP contribution >= 0.6 is 39.1 Å². The average molecular weight is 361 g/mol. The van der Waals surface area contributed by atoms with Gasteiger partial charge in [-0.25, -0.2) is 4.98 Å². The SMILES string of the molecule is CNc1nc(Nc2ccc(Br)cc2C)c(Cl)cc1Cl. The highest BCUT2D eigenvalue weighted by Gasteiger charge is 2.09. The molecule has 0 saturated heterocycles. The summed E-state index contributed by atoms with van der Waals surface area (Å²) in [4.78, 5) is 4.35. The van der Waals surface area contributed by atoms with Crippen LogP contribution in [0.1, 0.15) is 5.56 Å². The molecule has 0 spiro atoms. The maximum Gasteiger partial charge on any atom is 0.151 e. The number of hydrogen-bond donors (Lipinski definition) is 2. The zero-order valence-electron chi connectivity index (χ0n) is 10.4. The Kier molecular flexibility index (Phi) is 4.55. The van der Waals surface area contributed by atoms with E-state index in [1.165, 1.54) is 0 Å². The van der Waals surface area contributed by atoms with Gasteiger partial charge >= 0.3 is 0 Å². The van der Waals surface area contributed by atoms with E-state index in [1.807, 2.05) is 25.1 Å². The first-order valence-corrected chi connectivity index (χ1v) is 7.13. The maximum atomic E-state index is 6.15. The lowest BCUT2D eigenvalue weighted by atomic mass is 10.2. The molecule has 0 aliphatic rings. The summed E-state index contributed by atoms with van der Waals surface area (Å²) in [5.41, 5.74) is 2.04. The van der Waals surface area contributed by atoms with E-state index in [0.29, 0.717) is 21.7 Å². The summed E-state index contributed by atoms with van der Waals surface area (Å²) >= 11 is 15.6. The Bertz CT molecular complexity index is 617. The van der Waals surface area contributed by atoms with E-state index in [9.17, 15) is 0 Å².